The van der Waals surface area contributed by atoms with Crippen LogP contribution in [0.2, 0.25) is 5.02 Å². The van der Waals surface area contributed by atoms with Crippen LogP contribution in [-0.4, -0.2) is 56.7 Å². The Morgan fingerprint density at radius 3 is 2.50 bits per heavy atom. The molecule has 0 bridgehead atoms. The van der Waals surface area contributed by atoms with Crippen molar-refractivity contribution >= 4 is 28.6 Å². The Morgan fingerprint density at radius 2 is 1.79 bits per heavy atom. The van der Waals surface area contributed by atoms with Gasteiger partial charge in [-0.2, -0.15) is 23.4 Å². The second-order valence-electron chi connectivity index (χ2n) is 6.31. The molecule has 0 unspecified atom stereocenters. The van der Waals surface area contributed by atoms with Gasteiger partial charge in [-0.25, -0.2) is 14.2 Å². The Labute approximate surface area is 161 Å². The topological polar surface area (TPSA) is 71.6 Å². The minimum atomic E-state index is -4.55. The molecule has 0 radical (unpaired) electrons. The number of nitrogens with zero attached hydrogens (tertiary/aromatic N) is 7. The van der Waals surface area contributed by atoms with Gasteiger partial charge in [0.05, 0.1) is 18.1 Å². The van der Waals surface area contributed by atoms with Gasteiger partial charge < -0.3 is 9.80 Å². The van der Waals surface area contributed by atoms with Crippen molar-refractivity contribution in [3.05, 3.63) is 46.2 Å². The summed E-state index contributed by atoms with van der Waals surface area (Å²) in [5, 5.41) is 7.56. The highest BCUT2D eigenvalue weighted by Gasteiger charge is 2.30. The molecule has 12 heteroatoms. The number of fused-ring (bicyclic) bond motifs is 1. The Kier molecular flexibility index (Phi) is 4.61. The van der Waals surface area contributed by atoms with E-state index in [0.717, 1.165) is 11.3 Å². The lowest BCUT2D eigenvalue weighted by molar-refractivity contribution is -0.143. The van der Waals surface area contributed by atoms with Crippen molar-refractivity contribution in [1.82, 2.24) is 24.4 Å². The van der Waals surface area contributed by atoms with Crippen molar-refractivity contribution in [2.75, 3.05) is 36.0 Å². The van der Waals surface area contributed by atoms with E-state index in [1.54, 1.807) is 23.1 Å². The molecule has 0 aliphatic carbocycles. The second kappa shape index (κ2) is 6.97. The van der Waals surface area contributed by atoms with Gasteiger partial charge in [-0.1, -0.05) is 11.6 Å². The number of halogens is 4. The predicted octanol–water partition coefficient (Wildman–Crippen LogP) is 1.83. The number of piperazine rings is 1. The quantitative estimate of drug-likeness (QED) is 0.652. The Hall–Kier alpha value is -2.82. The number of hydrogen-bond donors (Lipinski definition) is 0. The molecule has 0 saturated carbocycles. The molecule has 1 aliphatic rings. The van der Waals surface area contributed by atoms with Crippen LogP contribution in [0.4, 0.5) is 24.7 Å². The molecule has 1 aliphatic heterocycles. The lowest BCUT2D eigenvalue weighted by Crippen LogP contribution is -2.47. The summed E-state index contributed by atoms with van der Waals surface area (Å²) in [6.45, 7) is 0.752. The molecule has 3 aromatic rings. The molecule has 0 spiro atoms. The highest BCUT2D eigenvalue weighted by Crippen LogP contribution is 2.26. The zero-order chi connectivity index (χ0) is 19.9. The SMILES string of the molecule is O=c1c(Cl)c(N2CCN(c3nccn4nccc34)CC2)cnn1CC(F)(F)F. The summed E-state index contributed by atoms with van der Waals surface area (Å²) in [5.74, 6) is 0.796. The van der Waals surface area contributed by atoms with Crippen LogP contribution in [0.1, 0.15) is 0 Å². The summed E-state index contributed by atoms with van der Waals surface area (Å²) < 4.78 is 39.6. The summed E-state index contributed by atoms with van der Waals surface area (Å²) in [5.41, 5.74) is 0.260. The number of aromatic nitrogens is 5. The lowest BCUT2D eigenvalue weighted by Gasteiger charge is -2.36. The summed E-state index contributed by atoms with van der Waals surface area (Å²) in [6, 6.07) is 1.87. The third-order valence-electron chi connectivity index (χ3n) is 4.52. The van der Waals surface area contributed by atoms with Gasteiger partial charge in [0.1, 0.15) is 17.1 Å². The molecule has 0 amide bonds. The highest BCUT2D eigenvalue weighted by atomic mass is 35.5. The number of anilines is 2. The maximum absolute atomic E-state index is 12.5. The van der Waals surface area contributed by atoms with E-state index >= 15 is 0 Å². The minimum Gasteiger partial charge on any atom is -0.365 e. The molecular formula is C16H15ClF3N7O. The van der Waals surface area contributed by atoms with E-state index in [1.807, 2.05) is 11.0 Å². The van der Waals surface area contributed by atoms with E-state index in [1.165, 1.54) is 6.20 Å². The van der Waals surface area contributed by atoms with Gasteiger partial charge in [-0.05, 0) is 6.07 Å². The van der Waals surface area contributed by atoms with Gasteiger partial charge in [0, 0.05) is 38.6 Å². The fourth-order valence-electron chi connectivity index (χ4n) is 3.21. The highest BCUT2D eigenvalue weighted by molar-refractivity contribution is 6.33. The van der Waals surface area contributed by atoms with E-state index in [9.17, 15) is 18.0 Å². The third-order valence-corrected chi connectivity index (χ3v) is 4.87. The molecule has 1 fully saturated rings. The Morgan fingerprint density at radius 1 is 1.07 bits per heavy atom. The van der Waals surface area contributed by atoms with Crippen LogP contribution in [0.5, 0.6) is 0 Å². The zero-order valence-electron chi connectivity index (χ0n) is 14.5. The summed E-state index contributed by atoms with van der Waals surface area (Å²) in [4.78, 5) is 20.5. The molecule has 0 N–H and O–H groups in total. The Balaban J connectivity index is 1.52. The van der Waals surface area contributed by atoms with Crippen molar-refractivity contribution in [2.24, 2.45) is 0 Å². The van der Waals surface area contributed by atoms with E-state index in [2.05, 4.69) is 20.1 Å². The van der Waals surface area contributed by atoms with Crippen LogP contribution in [0.15, 0.2) is 35.6 Å². The van der Waals surface area contributed by atoms with Crippen LogP contribution in [0.25, 0.3) is 5.52 Å². The standard InChI is InChI=1S/C16H15ClF3N7O/c17-13-12(9-23-27(15(13)28)10-16(18,19)20)24-5-7-25(8-6-24)14-11-1-2-22-26(11)4-3-21-14/h1-4,9H,5-8,10H2. The van der Waals surface area contributed by atoms with E-state index in [0.29, 0.717) is 36.5 Å². The van der Waals surface area contributed by atoms with Crippen LogP contribution in [-0.2, 0) is 6.54 Å². The molecule has 3 aromatic heterocycles. The molecule has 0 aromatic carbocycles. The predicted molar refractivity (Wildman–Crippen MR) is 97.0 cm³/mol. The summed E-state index contributed by atoms with van der Waals surface area (Å²) in [7, 11) is 0. The molecule has 0 atom stereocenters. The zero-order valence-corrected chi connectivity index (χ0v) is 15.2. The summed E-state index contributed by atoms with van der Waals surface area (Å²) in [6.07, 6.45) is 1.79. The van der Waals surface area contributed by atoms with Gasteiger partial charge >= 0.3 is 6.18 Å². The van der Waals surface area contributed by atoms with Gasteiger partial charge in [0.25, 0.3) is 5.56 Å². The maximum atomic E-state index is 12.5. The lowest BCUT2D eigenvalue weighted by atomic mass is 10.2. The normalized spacial score (nSPS) is 15.4. The van der Waals surface area contributed by atoms with Gasteiger partial charge in [0.2, 0.25) is 0 Å². The fraction of sp³-hybridized carbons (Fsp3) is 0.375. The van der Waals surface area contributed by atoms with Crippen molar-refractivity contribution < 1.29 is 13.2 Å². The van der Waals surface area contributed by atoms with Crippen molar-refractivity contribution in [1.29, 1.82) is 0 Å². The molecule has 1 saturated heterocycles. The first-order valence-electron chi connectivity index (χ1n) is 8.44. The van der Waals surface area contributed by atoms with Crippen molar-refractivity contribution in [3.8, 4) is 0 Å². The maximum Gasteiger partial charge on any atom is 0.408 e. The molecule has 148 valence electrons. The number of hydrogen-bond acceptors (Lipinski definition) is 6. The first-order valence-corrected chi connectivity index (χ1v) is 8.82. The van der Waals surface area contributed by atoms with Gasteiger partial charge in [-0.15, -0.1) is 0 Å². The largest absolute Gasteiger partial charge is 0.408 e. The minimum absolute atomic E-state index is 0.260. The van der Waals surface area contributed by atoms with E-state index < -0.39 is 18.3 Å². The monoisotopic (exact) mass is 413 g/mol. The van der Waals surface area contributed by atoms with Crippen molar-refractivity contribution in [3.63, 3.8) is 0 Å². The van der Waals surface area contributed by atoms with Crippen LogP contribution >= 0.6 is 11.6 Å². The van der Waals surface area contributed by atoms with E-state index in [-0.39, 0.29) is 5.02 Å². The molecule has 4 heterocycles. The van der Waals surface area contributed by atoms with Crippen LogP contribution in [0, 0.1) is 0 Å². The fourth-order valence-corrected chi connectivity index (χ4v) is 3.47. The van der Waals surface area contributed by atoms with E-state index in [4.69, 9.17) is 11.6 Å². The number of rotatable bonds is 3. The second-order valence-corrected chi connectivity index (χ2v) is 6.69. The molecular weight excluding hydrogens is 399 g/mol. The van der Waals surface area contributed by atoms with Crippen molar-refractivity contribution in [2.45, 2.75) is 12.7 Å². The average Bonchev–Trinajstić information content (AvgIpc) is 3.14. The molecule has 28 heavy (non-hydrogen) atoms. The smallest absolute Gasteiger partial charge is 0.365 e. The van der Waals surface area contributed by atoms with Crippen LogP contribution < -0.4 is 15.4 Å². The Bertz CT molecular complexity index is 1060. The molecule has 8 nitrogen and oxygen atoms in total. The first-order chi connectivity index (χ1) is 13.3. The average molecular weight is 414 g/mol. The van der Waals surface area contributed by atoms with Gasteiger partial charge in [0.15, 0.2) is 5.82 Å². The summed E-state index contributed by atoms with van der Waals surface area (Å²) >= 11 is 6.06. The van der Waals surface area contributed by atoms with Gasteiger partial charge in [-0.3, -0.25) is 4.79 Å². The van der Waals surface area contributed by atoms with Crippen LogP contribution in [0.3, 0.4) is 0 Å². The number of alkyl halides is 3. The molecule has 4 rings (SSSR count). The first kappa shape index (κ1) is 18.5. The third kappa shape index (κ3) is 3.49.